The Balaban J connectivity index is 3.10. The van der Waals surface area contributed by atoms with Gasteiger partial charge in [0.1, 0.15) is 18.0 Å². The number of alkyl halides is 2. The number of carbonyl (C=O) groups is 1. The summed E-state index contributed by atoms with van der Waals surface area (Å²) in [5.41, 5.74) is 8.02. The minimum absolute atomic E-state index is 0.0100. The first-order valence-electron chi connectivity index (χ1n) is 9.10. The predicted octanol–water partition coefficient (Wildman–Crippen LogP) is 2.89. The molecule has 1 amide bonds. The quantitative estimate of drug-likeness (QED) is 0.174. The fourth-order valence-electron chi connectivity index (χ4n) is 2.29. The van der Waals surface area contributed by atoms with Gasteiger partial charge in [-0.1, -0.05) is 24.8 Å². The first kappa shape index (κ1) is 26.5. The van der Waals surface area contributed by atoms with Gasteiger partial charge in [-0.3, -0.25) is 4.79 Å². The Labute approximate surface area is 184 Å². The summed E-state index contributed by atoms with van der Waals surface area (Å²) in [7, 11) is 0. The lowest BCUT2D eigenvalue weighted by Crippen LogP contribution is -2.53. The average molecular weight is 462 g/mol. The highest BCUT2D eigenvalue weighted by Gasteiger charge is 2.50. The van der Waals surface area contributed by atoms with Gasteiger partial charge < -0.3 is 26.5 Å². The molecule has 0 aliphatic carbocycles. The molecule has 7 N–H and O–H groups in total. The molecule has 1 rings (SSSR count). The van der Waals surface area contributed by atoms with Crippen molar-refractivity contribution in [3.63, 3.8) is 0 Å². The van der Waals surface area contributed by atoms with Gasteiger partial charge in [-0.05, 0) is 32.0 Å². The molecular weight excluding hydrogens is 435 g/mol. The fourth-order valence-corrected chi connectivity index (χ4v) is 2.50. The van der Waals surface area contributed by atoms with Crippen LogP contribution in [0.25, 0.3) is 0 Å². The number of hydrazine groups is 1. The molecule has 0 aliphatic heterocycles. The van der Waals surface area contributed by atoms with Gasteiger partial charge in [-0.15, -0.1) is 0 Å². The molecule has 0 spiro atoms. The molecule has 1 aromatic carbocycles. The molecule has 172 valence electrons. The maximum Gasteiger partial charge on any atom is 0.292 e. The smallest absolute Gasteiger partial charge is 0.292 e. The van der Waals surface area contributed by atoms with E-state index in [0.29, 0.717) is 6.54 Å². The van der Waals surface area contributed by atoms with Crippen LogP contribution in [0.3, 0.4) is 0 Å². The number of anilines is 1. The van der Waals surface area contributed by atoms with Crippen LogP contribution in [0.5, 0.6) is 0 Å². The first-order valence-corrected chi connectivity index (χ1v) is 9.47. The standard InChI is InChI=1S/C20H27ClF3N5O2/c1-5-29(27)9-16(21)13(3)18(30)28-14-6-7-17(22)15(8-14)19(4,26)20(23,24)11-31-10-12(2)25/h6-9H,2-3,5,10-11,25-27H2,1,4H3,(H,28,30)/b16-9+/t19-/m1/s1. The molecule has 11 heteroatoms. The van der Waals surface area contributed by atoms with Gasteiger partial charge in [0, 0.05) is 29.7 Å². The highest BCUT2D eigenvalue weighted by atomic mass is 35.5. The van der Waals surface area contributed by atoms with Crippen molar-refractivity contribution in [2.45, 2.75) is 25.3 Å². The number of halogens is 4. The summed E-state index contributed by atoms with van der Waals surface area (Å²) in [6, 6.07) is 3.11. The van der Waals surface area contributed by atoms with E-state index in [1.807, 2.05) is 0 Å². The summed E-state index contributed by atoms with van der Waals surface area (Å²) in [6.07, 6.45) is 1.30. The molecule has 0 unspecified atom stereocenters. The molecule has 0 fully saturated rings. The fraction of sp³-hybridized carbons (Fsp3) is 0.350. The lowest BCUT2D eigenvalue weighted by molar-refractivity contribution is -0.124. The average Bonchev–Trinajstić information content (AvgIpc) is 2.67. The third-order valence-corrected chi connectivity index (χ3v) is 4.65. The van der Waals surface area contributed by atoms with Crippen molar-refractivity contribution in [1.29, 1.82) is 0 Å². The van der Waals surface area contributed by atoms with E-state index in [9.17, 15) is 18.0 Å². The Hall–Kier alpha value is -2.53. The van der Waals surface area contributed by atoms with E-state index in [1.165, 1.54) is 17.3 Å². The van der Waals surface area contributed by atoms with Crippen molar-refractivity contribution in [1.82, 2.24) is 5.01 Å². The minimum atomic E-state index is -3.67. The summed E-state index contributed by atoms with van der Waals surface area (Å²) in [5.74, 6) is 0.198. The molecule has 0 radical (unpaired) electrons. The van der Waals surface area contributed by atoms with Gasteiger partial charge >= 0.3 is 0 Å². The number of nitrogens with two attached hydrogens (primary N) is 3. The summed E-state index contributed by atoms with van der Waals surface area (Å²) in [5, 5.41) is 3.62. The number of benzene rings is 1. The van der Waals surface area contributed by atoms with Crippen LogP contribution in [0.1, 0.15) is 19.4 Å². The van der Waals surface area contributed by atoms with E-state index < -0.39 is 35.4 Å². The van der Waals surface area contributed by atoms with E-state index in [1.54, 1.807) is 6.92 Å². The van der Waals surface area contributed by atoms with Gasteiger partial charge in [-0.25, -0.2) is 19.0 Å². The van der Waals surface area contributed by atoms with Crippen molar-refractivity contribution >= 4 is 23.2 Å². The molecule has 0 bridgehead atoms. The van der Waals surface area contributed by atoms with Crippen molar-refractivity contribution in [3.05, 3.63) is 65.2 Å². The zero-order valence-corrected chi connectivity index (χ0v) is 18.1. The molecule has 7 nitrogen and oxygen atoms in total. The van der Waals surface area contributed by atoms with Gasteiger partial charge in [-0.2, -0.15) is 0 Å². The summed E-state index contributed by atoms with van der Waals surface area (Å²) in [4.78, 5) is 12.4. The summed E-state index contributed by atoms with van der Waals surface area (Å²) < 4.78 is 48.5. The lowest BCUT2D eigenvalue weighted by atomic mass is 9.86. The number of rotatable bonds is 11. The predicted molar refractivity (Wildman–Crippen MR) is 115 cm³/mol. The zero-order valence-electron chi connectivity index (χ0n) is 17.4. The maximum atomic E-state index is 14.7. The van der Waals surface area contributed by atoms with Gasteiger partial charge in [0.2, 0.25) is 0 Å². The molecule has 0 aromatic heterocycles. The molecule has 1 aromatic rings. The second kappa shape index (κ2) is 10.7. The minimum Gasteiger partial charge on any atom is -0.401 e. The van der Waals surface area contributed by atoms with Crippen LogP contribution in [0.15, 0.2) is 53.9 Å². The maximum absolute atomic E-state index is 14.7. The van der Waals surface area contributed by atoms with Gasteiger partial charge in [0.15, 0.2) is 0 Å². The summed E-state index contributed by atoms with van der Waals surface area (Å²) >= 11 is 6.00. The summed E-state index contributed by atoms with van der Waals surface area (Å²) in [6.45, 7) is 8.64. The monoisotopic (exact) mass is 461 g/mol. The SMILES string of the molecule is C=C(N)COCC(F)(F)[C@](C)(N)c1cc(NC(=O)C(=C)/C(Cl)=C\N(N)CC)ccc1F. The highest BCUT2D eigenvalue weighted by molar-refractivity contribution is 6.35. The van der Waals surface area contributed by atoms with Crippen LogP contribution in [0, 0.1) is 5.82 Å². The number of nitrogens with zero attached hydrogens (tertiary/aromatic N) is 1. The molecule has 1 atom stereocenters. The number of amides is 1. The Morgan fingerprint density at radius 2 is 2.00 bits per heavy atom. The normalized spacial score (nSPS) is 14.0. The third kappa shape index (κ3) is 7.00. The number of hydrogen-bond donors (Lipinski definition) is 4. The number of nitrogens with one attached hydrogen (secondary N) is 1. The highest BCUT2D eigenvalue weighted by Crippen LogP contribution is 2.38. The number of hydrogen-bond acceptors (Lipinski definition) is 6. The second-order valence-electron chi connectivity index (χ2n) is 6.99. The second-order valence-corrected chi connectivity index (χ2v) is 7.40. The molecule has 0 saturated heterocycles. The molecule has 0 aliphatic rings. The zero-order chi connectivity index (χ0) is 24.0. The Morgan fingerprint density at radius 1 is 1.39 bits per heavy atom. The molecular formula is C20H27ClF3N5O2. The molecule has 0 heterocycles. The topological polar surface area (TPSA) is 120 Å². The number of ether oxygens (including phenoxy) is 1. The van der Waals surface area contributed by atoms with E-state index in [4.69, 9.17) is 33.6 Å². The Morgan fingerprint density at radius 3 is 2.55 bits per heavy atom. The van der Waals surface area contributed by atoms with Crippen molar-refractivity contribution in [2.75, 3.05) is 25.1 Å². The van der Waals surface area contributed by atoms with E-state index in [2.05, 4.69) is 18.5 Å². The Bertz CT molecular complexity index is 874. The Kier molecular flexibility index (Phi) is 9.12. The molecule has 0 saturated carbocycles. The number of carbonyl (C=O) groups excluding carboxylic acids is 1. The van der Waals surface area contributed by atoms with E-state index in [-0.39, 0.29) is 28.6 Å². The van der Waals surface area contributed by atoms with Crippen molar-refractivity contribution in [3.8, 4) is 0 Å². The molecule has 31 heavy (non-hydrogen) atoms. The third-order valence-electron chi connectivity index (χ3n) is 4.32. The van der Waals surface area contributed by atoms with Gasteiger partial charge in [0.05, 0.1) is 17.2 Å². The van der Waals surface area contributed by atoms with E-state index in [0.717, 1.165) is 19.1 Å². The van der Waals surface area contributed by atoms with Crippen molar-refractivity contribution in [2.24, 2.45) is 17.3 Å². The van der Waals surface area contributed by atoms with Crippen LogP contribution >= 0.6 is 11.6 Å². The van der Waals surface area contributed by atoms with Crippen LogP contribution in [-0.2, 0) is 15.1 Å². The van der Waals surface area contributed by atoms with Gasteiger partial charge in [0.25, 0.3) is 11.8 Å². The van der Waals surface area contributed by atoms with E-state index >= 15 is 0 Å². The van der Waals surface area contributed by atoms with Crippen LogP contribution < -0.4 is 22.6 Å². The van der Waals surface area contributed by atoms with Crippen LogP contribution in [0.2, 0.25) is 0 Å². The van der Waals surface area contributed by atoms with Crippen LogP contribution in [-0.4, -0.2) is 36.6 Å². The largest absolute Gasteiger partial charge is 0.401 e. The van der Waals surface area contributed by atoms with Crippen LogP contribution in [0.4, 0.5) is 18.9 Å². The first-order chi connectivity index (χ1) is 14.2. The lowest BCUT2D eigenvalue weighted by Gasteiger charge is -2.34. The van der Waals surface area contributed by atoms with Crippen molar-refractivity contribution < 1.29 is 22.7 Å².